The van der Waals surface area contributed by atoms with E-state index < -0.39 is 5.60 Å². The van der Waals surface area contributed by atoms with Crippen LogP contribution in [0, 0.1) is 12.7 Å². The summed E-state index contributed by atoms with van der Waals surface area (Å²) in [6.07, 6.45) is 1.14. The van der Waals surface area contributed by atoms with E-state index in [1.165, 1.54) is 12.1 Å². The van der Waals surface area contributed by atoms with Gasteiger partial charge < -0.3 is 10.0 Å². The molecule has 1 aliphatic heterocycles. The van der Waals surface area contributed by atoms with Crippen molar-refractivity contribution in [1.29, 1.82) is 0 Å². The fourth-order valence-corrected chi connectivity index (χ4v) is 4.08. The van der Waals surface area contributed by atoms with Crippen LogP contribution in [0.3, 0.4) is 0 Å². The van der Waals surface area contributed by atoms with E-state index in [1.54, 1.807) is 29.2 Å². The Bertz CT molecular complexity index is 1040. The number of benzene rings is 2. The molecule has 2 N–H and O–H groups in total. The number of aromatic nitrogens is 2. The monoisotopic (exact) mass is 427 g/mol. The molecule has 30 heavy (non-hydrogen) atoms. The van der Waals surface area contributed by atoms with Crippen LogP contribution in [0.15, 0.2) is 48.5 Å². The highest BCUT2D eigenvalue weighted by Crippen LogP contribution is 2.34. The second-order valence-corrected chi connectivity index (χ2v) is 8.22. The Morgan fingerprint density at radius 2 is 1.80 bits per heavy atom. The van der Waals surface area contributed by atoms with Crippen LogP contribution in [0.4, 0.5) is 4.39 Å². The van der Waals surface area contributed by atoms with Gasteiger partial charge in [-0.25, -0.2) is 4.39 Å². The second-order valence-electron chi connectivity index (χ2n) is 7.78. The minimum absolute atomic E-state index is 0.0129. The fourth-order valence-electron chi connectivity index (χ4n) is 3.95. The third-order valence-electron chi connectivity index (χ3n) is 5.84. The number of halogens is 2. The van der Waals surface area contributed by atoms with Gasteiger partial charge in [-0.2, -0.15) is 5.10 Å². The lowest BCUT2D eigenvalue weighted by molar-refractivity contribution is -0.135. The molecule has 1 saturated heterocycles. The fraction of sp³-hybridized carbons (Fsp3) is 0.304. The molecule has 1 amide bonds. The summed E-state index contributed by atoms with van der Waals surface area (Å²) >= 11 is 5.95. The van der Waals surface area contributed by atoms with Crippen LogP contribution in [0.25, 0.3) is 11.3 Å². The molecule has 1 aliphatic rings. The topological polar surface area (TPSA) is 69.2 Å². The lowest BCUT2D eigenvalue weighted by atomic mass is 9.84. The van der Waals surface area contributed by atoms with Crippen LogP contribution in [0.2, 0.25) is 5.02 Å². The quantitative estimate of drug-likeness (QED) is 0.654. The van der Waals surface area contributed by atoms with Gasteiger partial charge in [0.25, 0.3) is 0 Å². The molecule has 0 unspecified atom stereocenters. The molecule has 156 valence electrons. The first-order chi connectivity index (χ1) is 14.4. The number of aryl methyl sites for hydroxylation is 1. The summed E-state index contributed by atoms with van der Waals surface area (Å²) < 4.78 is 13.3. The summed E-state index contributed by atoms with van der Waals surface area (Å²) in [5, 5.41) is 18.9. The van der Waals surface area contributed by atoms with Crippen molar-refractivity contribution < 1.29 is 14.3 Å². The molecule has 1 fully saturated rings. The van der Waals surface area contributed by atoms with Crippen molar-refractivity contribution in [3.05, 3.63) is 76.2 Å². The molecular weight excluding hydrogens is 405 g/mol. The summed E-state index contributed by atoms with van der Waals surface area (Å²) in [6, 6.07) is 13.3. The number of likely N-dealkylation sites (tertiary alicyclic amines) is 1. The number of H-pyrrole nitrogens is 1. The highest BCUT2D eigenvalue weighted by atomic mass is 35.5. The van der Waals surface area contributed by atoms with Crippen LogP contribution in [-0.2, 0) is 16.8 Å². The SMILES string of the molecule is Cc1[nH]nc(-c2ccc(F)cc2)c1CC(=O)N1CCC(O)(c2ccc(Cl)cc2)CC1. The lowest BCUT2D eigenvalue weighted by Crippen LogP contribution is -2.45. The molecule has 2 aromatic carbocycles. The van der Waals surface area contributed by atoms with Gasteiger partial charge >= 0.3 is 0 Å². The Kier molecular flexibility index (Phi) is 5.62. The number of carbonyl (C=O) groups is 1. The average Bonchev–Trinajstić information content (AvgIpc) is 3.10. The van der Waals surface area contributed by atoms with E-state index in [-0.39, 0.29) is 18.1 Å². The zero-order chi connectivity index (χ0) is 21.3. The molecule has 5 nitrogen and oxygen atoms in total. The van der Waals surface area contributed by atoms with Gasteiger partial charge in [-0.1, -0.05) is 23.7 Å². The van der Waals surface area contributed by atoms with Gasteiger partial charge in [0, 0.05) is 34.9 Å². The summed E-state index contributed by atoms with van der Waals surface area (Å²) in [4.78, 5) is 14.8. The van der Waals surface area contributed by atoms with Crippen molar-refractivity contribution in [2.75, 3.05) is 13.1 Å². The predicted molar refractivity (Wildman–Crippen MR) is 114 cm³/mol. The van der Waals surface area contributed by atoms with Crippen LogP contribution < -0.4 is 0 Å². The Balaban J connectivity index is 1.45. The molecule has 1 aromatic heterocycles. The van der Waals surface area contributed by atoms with Crippen molar-refractivity contribution in [2.24, 2.45) is 0 Å². The van der Waals surface area contributed by atoms with Crippen molar-refractivity contribution in [3.63, 3.8) is 0 Å². The molecule has 0 saturated carbocycles. The van der Waals surface area contributed by atoms with E-state index in [4.69, 9.17) is 11.6 Å². The van der Waals surface area contributed by atoms with Crippen LogP contribution in [0.1, 0.15) is 29.7 Å². The number of piperidine rings is 1. The van der Waals surface area contributed by atoms with Gasteiger partial charge in [-0.15, -0.1) is 0 Å². The van der Waals surface area contributed by atoms with E-state index in [1.807, 2.05) is 19.1 Å². The number of hydrogen-bond donors (Lipinski definition) is 2. The van der Waals surface area contributed by atoms with Gasteiger partial charge in [-0.3, -0.25) is 9.89 Å². The standard InChI is InChI=1S/C23H23ClFN3O2/c1-15-20(22(27-26-15)16-2-8-19(25)9-3-16)14-21(29)28-12-10-23(30,11-13-28)17-4-6-18(24)7-5-17/h2-9,30H,10-14H2,1H3,(H,26,27). The number of aliphatic hydroxyl groups is 1. The molecule has 3 aromatic rings. The van der Waals surface area contributed by atoms with Gasteiger partial charge in [0.1, 0.15) is 5.82 Å². The van der Waals surface area contributed by atoms with E-state index >= 15 is 0 Å². The molecule has 0 spiro atoms. The Hall–Kier alpha value is -2.70. The van der Waals surface area contributed by atoms with Crippen molar-refractivity contribution in [1.82, 2.24) is 15.1 Å². The number of amides is 1. The Morgan fingerprint density at radius 1 is 1.17 bits per heavy atom. The molecular formula is C23H23ClFN3O2. The second kappa shape index (κ2) is 8.20. The number of nitrogens with one attached hydrogen (secondary N) is 1. The van der Waals surface area contributed by atoms with Crippen LogP contribution >= 0.6 is 11.6 Å². The summed E-state index contributed by atoms with van der Waals surface area (Å²) in [7, 11) is 0. The number of rotatable bonds is 4. The maximum atomic E-state index is 13.3. The lowest BCUT2D eigenvalue weighted by Gasteiger charge is -2.38. The zero-order valence-corrected chi connectivity index (χ0v) is 17.4. The third kappa shape index (κ3) is 4.11. The summed E-state index contributed by atoms with van der Waals surface area (Å²) in [5.74, 6) is -0.328. The molecule has 0 aliphatic carbocycles. The number of hydrogen-bond acceptors (Lipinski definition) is 3. The van der Waals surface area contributed by atoms with Gasteiger partial charge in [0.05, 0.1) is 17.7 Å². The highest BCUT2D eigenvalue weighted by Gasteiger charge is 2.35. The molecule has 0 atom stereocenters. The van der Waals surface area contributed by atoms with Crippen molar-refractivity contribution in [3.8, 4) is 11.3 Å². The van der Waals surface area contributed by atoms with Gasteiger partial charge in [0.2, 0.25) is 5.91 Å². The predicted octanol–water partition coefficient (Wildman–Crippen LogP) is 4.23. The van der Waals surface area contributed by atoms with Crippen LogP contribution in [0.5, 0.6) is 0 Å². The van der Waals surface area contributed by atoms with E-state index in [0.717, 1.165) is 22.4 Å². The number of carbonyl (C=O) groups excluding carboxylic acids is 1. The summed E-state index contributed by atoms with van der Waals surface area (Å²) in [5.41, 5.74) is 2.92. The minimum Gasteiger partial charge on any atom is -0.385 e. The Labute approximate surface area is 179 Å². The van der Waals surface area contributed by atoms with Gasteiger partial charge in [-0.05, 0) is 61.7 Å². The first kappa shape index (κ1) is 20.6. The first-order valence-electron chi connectivity index (χ1n) is 9.92. The number of aromatic amines is 1. The minimum atomic E-state index is -0.952. The number of nitrogens with zero attached hydrogens (tertiary/aromatic N) is 2. The maximum Gasteiger partial charge on any atom is 0.227 e. The summed E-state index contributed by atoms with van der Waals surface area (Å²) in [6.45, 7) is 2.82. The van der Waals surface area contributed by atoms with E-state index in [2.05, 4.69) is 10.2 Å². The third-order valence-corrected chi connectivity index (χ3v) is 6.10. The van der Waals surface area contributed by atoms with Crippen molar-refractivity contribution >= 4 is 17.5 Å². The van der Waals surface area contributed by atoms with E-state index in [0.29, 0.717) is 36.6 Å². The molecule has 4 rings (SSSR count). The van der Waals surface area contributed by atoms with Gasteiger partial charge in [0.15, 0.2) is 0 Å². The molecule has 0 bridgehead atoms. The largest absolute Gasteiger partial charge is 0.385 e. The molecule has 0 radical (unpaired) electrons. The van der Waals surface area contributed by atoms with E-state index in [9.17, 15) is 14.3 Å². The highest BCUT2D eigenvalue weighted by molar-refractivity contribution is 6.30. The molecule has 2 heterocycles. The zero-order valence-electron chi connectivity index (χ0n) is 16.7. The first-order valence-corrected chi connectivity index (χ1v) is 10.3. The van der Waals surface area contributed by atoms with Crippen LogP contribution in [-0.4, -0.2) is 39.2 Å². The maximum absolute atomic E-state index is 13.3. The Morgan fingerprint density at radius 3 is 2.43 bits per heavy atom. The average molecular weight is 428 g/mol. The van der Waals surface area contributed by atoms with Crippen molar-refractivity contribution in [2.45, 2.75) is 31.8 Å². The molecule has 7 heteroatoms. The smallest absolute Gasteiger partial charge is 0.227 e. The normalized spacial score (nSPS) is 15.9.